The highest BCUT2D eigenvalue weighted by Gasteiger charge is 2.26. The molecule has 1 aromatic heterocycles. The summed E-state index contributed by atoms with van der Waals surface area (Å²) in [6.45, 7) is 0. The summed E-state index contributed by atoms with van der Waals surface area (Å²) < 4.78 is 4.97. The Morgan fingerprint density at radius 1 is 1.10 bits per heavy atom. The third-order valence-electron chi connectivity index (χ3n) is 5.26. The van der Waals surface area contributed by atoms with Gasteiger partial charge in [-0.2, -0.15) is 0 Å². The molecule has 1 heterocycles. The molecule has 0 atom stereocenters. The van der Waals surface area contributed by atoms with Gasteiger partial charge in [-0.05, 0) is 65.9 Å². The van der Waals surface area contributed by atoms with Gasteiger partial charge in [0, 0.05) is 11.0 Å². The van der Waals surface area contributed by atoms with Crippen LogP contribution in [0.4, 0.5) is 5.00 Å². The van der Waals surface area contributed by atoms with Crippen molar-refractivity contribution in [2.75, 3.05) is 12.4 Å². The lowest BCUT2D eigenvalue weighted by molar-refractivity contribution is -0.115. The van der Waals surface area contributed by atoms with Crippen LogP contribution in [0, 0.1) is 0 Å². The number of methoxy groups -OCH3 is 1. The fraction of sp³-hybridized carbons (Fsp3) is 0.208. The van der Waals surface area contributed by atoms with Crippen molar-refractivity contribution in [2.24, 2.45) is 0 Å². The average molecular weight is 451 g/mol. The fourth-order valence-electron chi connectivity index (χ4n) is 3.82. The van der Waals surface area contributed by atoms with Crippen molar-refractivity contribution in [3.8, 4) is 0 Å². The predicted octanol–water partition coefficient (Wildman–Crippen LogP) is 5.09. The van der Waals surface area contributed by atoms with Gasteiger partial charge in [-0.15, -0.1) is 11.3 Å². The molecule has 0 radical (unpaired) electrons. The maximum absolute atomic E-state index is 12.4. The number of esters is 1. The van der Waals surface area contributed by atoms with Gasteiger partial charge in [-0.25, -0.2) is 4.79 Å². The van der Waals surface area contributed by atoms with Crippen molar-refractivity contribution in [1.29, 1.82) is 0 Å². The smallest absolute Gasteiger partial charge is 0.341 e. The molecule has 2 aromatic carbocycles. The highest BCUT2D eigenvalue weighted by molar-refractivity contribution is 7.80. The molecule has 0 unspecified atom stereocenters. The van der Waals surface area contributed by atoms with Crippen molar-refractivity contribution < 1.29 is 14.3 Å². The molecule has 0 fully saturated rings. The number of thiophene rings is 1. The van der Waals surface area contributed by atoms with E-state index in [0.29, 0.717) is 10.6 Å². The summed E-state index contributed by atoms with van der Waals surface area (Å²) in [5.41, 5.74) is 2.52. The van der Waals surface area contributed by atoms with Gasteiger partial charge in [0.15, 0.2) is 5.11 Å². The molecular weight excluding hydrogens is 428 g/mol. The zero-order chi connectivity index (χ0) is 21.8. The van der Waals surface area contributed by atoms with Gasteiger partial charge < -0.3 is 10.1 Å². The number of rotatable bonds is 4. The number of nitrogens with one attached hydrogen (secondary N) is 2. The fourth-order valence-corrected chi connectivity index (χ4v) is 5.37. The molecule has 0 bridgehead atoms. The van der Waals surface area contributed by atoms with Gasteiger partial charge in [0.25, 0.3) is 0 Å². The number of amides is 1. The first-order chi connectivity index (χ1) is 15.1. The van der Waals surface area contributed by atoms with Crippen LogP contribution >= 0.6 is 23.6 Å². The lowest BCUT2D eigenvalue weighted by Crippen LogP contribution is -2.33. The Morgan fingerprint density at radius 3 is 2.71 bits per heavy atom. The van der Waals surface area contributed by atoms with E-state index in [-0.39, 0.29) is 17.0 Å². The SMILES string of the molecule is COC(=O)c1c(NC(=S)NC(=O)C=Cc2cccc3ccccc23)sc2c1CCCC2. The largest absolute Gasteiger partial charge is 0.465 e. The van der Waals surface area contributed by atoms with Crippen molar-refractivity contribution in [3.63, 3.8) is 0 Å². The Hall–Kier alpha value is -3.03. The monoisotopic (exact) mass is 450 g/mol. The second-order valence-corrected chi connectivity index (χ2v) is 8.77. The van der Waals surface area contributed by atoms with Gasteiger partial charge in [-0.1, -0.05) is 42.5 Å². The van der Waals surface area contributed by atoms with Crippen LogP contribution in [-0.2, 0) is 22.4 Å². The molecule has 158 valence electrons. The molecule has 0 saturated heterocycles. The van der Waals surface area contributed by atoms with E-state index >= 15 is 0 Å². The number of hydrogen-bond donors (Lipinski definition) is 2. The third kappa shape index (κ3) is 4.68. The third-order valence-corrected chi connectivity index (χ3v) is 6.67. The van der Waals surface area contributed by atoms with Gasteiger partial charge in [0.05, 0.1) is 12.7 Å². The highest BCUT2D eigenvalue weighted by atomic mass is 32.1. The molecule has 2 N–H and O–H groups in total. The van der Waals surface area contributed by atoms with E-state index in [4.69, 9.17) is 17.0 Å². The molecule has 4 rings (SSSR count). The molecule has 0 spiro atoms. The standard InChI is InChI=1S/C24H22N2O3S2/c1-29-23(28)21-18-11-4-5-12-19(18)31-22(21)26-24(30)25-20(27)14-13-16-9-6-8-15-7-2-3-10-17(15)16/h2-3,6-10,13-14H,4-5,11-12H2,1H3,(H2,25,26,27,30). The quantitative estimate of drug-likeness (QED) is 0.329. The summed E-state index contributed by atoms with van der Waals surface area (Å²) in [6.07, 6.45) is 7.17. The molecule has 3 aromatic rings. The lowest BCUT2D eigenvalue weighted by atomic mass is 9.95. The molecule has 0 saturated carbocycles. The molecule has 7 heteroatoms. The van der Waals surface area contributed by atoms with E-state index in [1.165, 1.54) is 29.4 Å². The summed E-state index contributed by atoms with van der Waals surface area (Å²) >= 11 is 6.82. The molecule has 1 amide bonds. The van der Waals surface area contributed by atoms with Gasteiger partial charge in [0.2, 0.25) is 5.91 Å². The molecule has 0 aliphatic heterocycles. The first kappa shape index (κ1) is 21.2. The second kappa shape index (κ2) is 9.41. The van der Waals surface area contributed by atoms with Crippen LogP contribution in [0.2, 0.25) is 0 Å². The average Bonchev–Trinajstić information content (AvgIpc) is 3.14. The minimum absolute atomic E-state index is 0.149. The maximum Gasteiger partial charge on any atom is 0.341 e. The summed E-state index contributed by atoms with van der Waals surface area (Å²) in [5.74, 6) is -0.724. The van der Waals surface area contributed by atoms with E-state index in [1.807, 2.05) is 42.5 Å². The molecular formula is C24H22N2O3S2. The van der Waals surface area contributed by atoms with Gasteiger partial charge in [-0.3, -0.25) is 10.1 Å². The van der Waals surface area contributed by atoms with Crippen LogP contribution in [-0.4, -0.2) is 24.1 Å². The van der Waals surface area contributed by atoms with Crippen LogP contribution < -0.4 is 10.6 Å². The topological polar surface area (TPSA) is 67.4 Å². The Bertz CT molecular complexity index is 1190. The van der Waals surface area contributed by atoms with Crippen molar-refractivity contribution in [1.82, 2.24) is 5.32 Å². The number of anilines is 1. The zero-order valence-electron chi connectivity index (χ0n) is 17.1. The van der Waals surface area contributed by atoms with Gasteiger partial charge in [0.1, 0.15) is 5.00 Å². The zero-order valence-corrected chi connectivity index (χ0v) is 18.7. The number of fused-ring (bicyclic) bond motifs is 2. The van der Waals surface area contributed by atoms with Crippen LogP contribution in [0.15, 0.2) is 48.5 Å². The van der Waals surface area contributed by atoms with Crippen molar-refractivity contribution in [2.45, 2.75) is 25.7 Å². The summed E-state index contributed by atoms with van der Waals surface area (Å²) in [7, 11) is 1.37. The summed E-state index contributed by atoms with van der Waals surface area (Å²) in [4.78, 5) is 25.9. The lowest BCUT2D eigenvalue weighted by Gasteiger charge is -2.12. The number of hydrogen-bond acceptors (Lipinski definition) is 5. The predicted molar refractivity (Wildman–Crippen MR) is 130 cm³/mol. The number of carbonyl (C=O) groups excluding carboxylic acids is 2. The van der Waals surface area contributed by atoms with E-state index in [2.05, 4.69) is 10.6 Å². The Kier molecular flexibility index (Phi) is 6.44. The van der Waals surface area contributed by atoms with E-state index in [1.54, 1.807) is 6.08 Å². The minimum atomic E-state index is -0.383. The number of benzene rings is 2. The van der Waals surface area contributed by atoms with Gasteiger partial charge >= 0.3 is 5.97 Å². The van der Waals surface area contributed by atoms with Crippen LogP contribution in [0.5, 0.6) is 0 Å². The van der Waals surface area contributed by atoms with E-state index in [9.17, 15) is 9.59 Å². The number of ether oxygens (including phenoxy) is 1. The van der Waals surface area contributed by atoms with Crippen molar-refractivity contribution >= 4 is 62.4 Å². The normalized spacial score (nSPS) is 13.1. The molecule has 31 heavy (non-hydrogen) atoms. The summed E-state index contributed by atoms with van der Waals surface area (Å²) in [6, 6.07) is 14.0. The van der Waals surface area contributed by atoms with E-state index < -0.39 is 0 Å². The number of carbonyl (C=O) groups is 2. The minimum Gasteiger partial charge on any atom is -0.465 e. The van der Waals surface area contributed by atoms with Crippen molar-refractivity contribution in [3.05, 3.63) is 70.1 Å². The van der Waals surface area contributed by atoms with Crippen LogP contribution in [0.3, 0.4) is 0 Å². The Morgan fingerprint density at radius 2 is 1.87 bits per heavy atom. The molecule has 5 nitrogen and oxygen atoms in total. The Labute approximate surface area is 190 Å². The first-order valence-electron chi connectivity index (χ1n) is 10.1. The molecule has 1 aliphatic rings. The maximum atomic E-state index is 12.4. The van der Waals surface area contributed by atoms with E-state index in [0.717, 1.165) is 47.6 Å². The molecule has 1 aliphatic carbocycles. The second-order valence-electron chi connectivity index (χ2n) is 7.25. The van der Waals surface area contributed by atoms with Crippen LogP contribution in [0.25, 0.3) is 16.8 Å². The number of thiocarbonyl (C=S) groups is 1. The Balaban J connectivity index is 1.46. The highest BCUT2D eigenvalue weighted by Crippen LogP contribution is 2.38. The first-order valence-corrected chi connectivity index (χ1v) is 11.3. The number of aryl methyl sites for hydroxylation is 1. The summed E-state index contributed by atoms with van der Waals surface area (Å²) in [5, 5.41) is 8.64. The van der Waals surface area contributed by atoms with Crippen LogP contribution in [0.1, 0.15) is 39.2 Å².